The van der Waals surface area contributed by atoms with Gasteiger partial charge in [-0.3, -0.25) is 9.38 Å². The minimum atomic E-state index is 0.710. The van der Waals surface area contributed by atoms with Crippen LogP contribution in [0, 0.1) is 13.8 Å². The first kappa shape index (κ1) is 14.7. The summed E-state index contributed by atoms with van der Waals surface area (Å²) < 4.78 is 3.72. The molecule has 0 amide bonds. The molecule has 0 aliphatic carbocycles. The molecule has 5 aromatic rings. The van der Waals surface area contributed by atoms with Crippen molar-refractivity contribution in [2.75, 3.05) is 0 Å². The molecule has 0 unspecified atom stereocenters. The summed E-state index contributed by atoms with van der Waals surface area (Å²) in [6.07, 6.45) is 7.03. The smallest absolute Gasteiger partial charge is 0.175 e. The van der Waals surface area contributed by atoms with E-state index in [9.17, 15) is 0 Å². The quantitative estimate of drug-likeness (QED) is 0.493. The van der Waals surface area contributed by atoms with E-state index < -0.39 is 0 Å². The minimum absolute atomic E-state index is 0.710. The highest BCUT2D eigenvalue weighted by atomic mass is 15.3. The number of aromatic nitrogens is 7. The standard InChI is InChI=1S/C19H15N7/c1-12-5-6-16(13(2)8-12)26-18-15(10-22-26)19-24-23-17(25(19)11-21-18)14-4-3-7-20-9-14/h3-11H,1-2H3. The number of hydrogen-bond acceptors (Lipinski definition) is 5. The van der Waals surface area contributed by atoms with Crippen molar-refractivity contribution in [2.45, 2.75) is 13.8 Å². The van der Waals surface area contributed by atoms with E-state index in [1.165, 1.54) is 5.56 Å². The third-order valence-corrected chi connectivity index (χ3v) is 4.48. The molecule has 0 N–H and O–H groups in total. The first-order valence-corrected chi connectivity index (χ1v) is 8.28. The molecule has 0 saturated heterocycles. The molecule has 0 fully saturated rings. The van der Waals surface area contributed by atoms with Crippen molar-refractivity contribution in [1.82, 2.24) is 34.3 Å². The monoisotopic (exact) mass is 341 g/mol. The van der Waals surface area contributed by atoms with Crippen LogP contribution >= 0.6 is 0 Å². The second-order valence-corrected chi connectivity index (χ2v) is 6.29. The predicted molar refractivity (Wildman–Crippen MR) is 98.1 cm³/mol. The van der Waals surface area contributed by atoms with E-state index >= 15 is 0 Å². The van der Waals surface area contributed by atoms with Crippen molar-refractivity contribution >= 4 is 16.7 Å². The van der Waals surface area contributed by atoms with Gasteiger partial charge in [0.05, 0.1) is 17.3 Å². The van der Waals surface area contributed by atoms with E-state index in [-0.39, 0.29) is 0 Å². The zero-order chi connectivity index (χ0) is 17.7. The summed E-state index contributed by atoms with van der Waals surface area (Å²) in [4.78, 5) is 8.78. The van der Waals surface area contributed by atoms with Crippen LogP contribution in [0.1, 0.15) is 11.1 Å². The van der Waals surface area contributed by atoms with Gasteiger partial charge in [0.25, 0.3) is 0 Å². The molecular weight excluding hydrogens is 326 g/mol. The van der Waals surface area contributed by atoms with Gasteiger partial charge in [0, 0.05) is 18.0 Å². The Morgan fingerprint density at radius 2 is 1.88 bits per heavy atom. The maximum Gasteiger partial charge on any atom is 0.175 e. The molecule has 7 nitrogen and oxygen atoms in total. The zero-order valence-electron chi connectivity index (χ0n) is 14.3. The van der Waals surface area contributed by atoms with Gasteiger partial charge in [0.2, 0.25) is 0 Å². The fourth-order valence-electron chi connectivity index (χ4n) is 3.23. The summed E-state index contributed by atoms with van der Waals surface area (Å²) in [6, 6.07) is 10.1. The fraction of sp³-hybridized carbons (Fsp3) is 0.105. The molecule has 0 saturated carbocycles. The first-order valence-electron chi connectivity index (χ1n) is 8.28. The van der Waals surface area contributed by atoms with Crippen LogP contribution in [0.25, 0.3) is 33.8 Å². The van der Waals surface area contributed by atoms with Gasteiger partial charge in [-0.15, -0.1) is 10.2 Å². The van der Waals surface area contributed by atoms with Gasteiger partial charge in [-0.25, -0.2) is 9.67 Å². The first-order chi connectivity index (χ1) is 12.7. The lowest BCUT2D eigenvalue weighted by Crippen LogP contribution is -2.01. The van der Waals surface area contributed by atoms with E-state index in [1.807, 2.05) is 21.2 Å². The van der Waals surface area contributed by atoms with Crippen LogP contribution in [0.4, 0.5) is 0 Å². The van der Waals surface area contributed by atoms with Gasteiger partial charge in [-0.1, -0.05) is 17.7 Å². The minimum Gasteiger partial charge on any atom is -0.264 e. The summed E-state index contributed by atoms with van der Waals surface area (Å²) in [7, 11) is 0. The summed E-state index contributed by atoms with van der Waals surface area (Å²) in [5.41, 5.74) is 5.75. The third kappa shape index (κ3) is 2.10. The second-order valence-electron chi connectivity index (χ2n) is 6.29. The molecule has 4 heterocycles. The van der Waals surface area contributed by atoms with Gasteiger partial charge >= 0.3 is 0 Å². The molecular formula is C19H15N7. The van der Waals surface area contributed by atoms with Gasteiger partial charge in [-0.2, -0.15) is 5.10 Å². The van der Waals surface area contributed by atoms with Crippen molar-refractivity contribution in [3.63, 3.8) is 0 Å². The molecule has 5 rings (SSSR count). The summed E-state index contributed by atoms with van der Waals surface area (Å²) in [6.45, 7) is 4.15. The average Bonchev–Trinajstić information content (AvgIpc) is 3.26. The van der Waals surface area contributed by atoms with Gasteiger partial charge < -0.3 is 0 Å². The van der Waals surface area contributed by atoms with E-state index in [1.54, 1.807) is 24.9 Å². The summed E-state index contributed by atoms with van der Waals surface area (Å²) >= 11 is 0. The molecule has 0 radical (unpaired) electrons. The number of rotatable bonds is 2. The van der Waals surface area contributed by atoms with Gasteiger partial charge in [-0.05, 0) is 37.6 Å². The number of pyridine rings is 1. The highest BCUT2D eigenvalue weighted by molar-refractivity contribution is 5.90. The van der Waals surface area contributed by atoms with Crippen LogP contribution in [0.3, 0.4) is 0 Å². The SMILES string of the molecule is Cc1ccc(-n2ncc3c2ncn2c(-c4cccnc4)nnc32)c(C)c1. The maximum atomic E-state index is 4.63. The fourth-order valence-corrected chi connectivity index (χ4v) is 3.23. The van der Waals surface area contributed by atoms with Crippen LogP contribution in [0.2, 0.25) is 0 Å². The van der Waals surface area contributed by atoms with Crippen LogP contribution in [0.5, 0.6) is 0 Å². The number of hydrogen-bond donors (Lipinski definition) is 0. The highest BCUT2D eigenvalue weighted by Gasteiger charge is 2.16. The van der Waals surface area contributed by atoms with Crippen molar-refractivity contribution in [3.05, 3.63) is 66.4 Å². The lowest BCUT2D eigenvalue weighted by molar-refractivity contribution is 0.885. The van der Waals surface area contributed by atoms with Crippen LogP contribution in [-0.2, 0) is 0 Å². The maximum absolute atomic E-state index is 4.63. The van der Waals surface area contributed by atoms with Crippen LogP contribution in [0.15, 0.2) is 55.2 Å². The van der Waals surface area contributed by atoms with E-state index in [4.69, 9.17) is 0 Å². The highest BCUT2D eigenvalue weighted by Crippen LogP contribution is 2.24. The Morgan fingerprint density at radius 1 is 0.962 bits per heavy atom. The van der Waals surface area contributed by atoms with Crippen LogP contribution in [-0.4, -0.2) is 34.3 Å². The predicted octanol–water partition coefficient (Wildman–Crippen LogP) is 3.14. The number of nitrogens with zero attached hydrogens (tertiary/aromatic N) is 7. The third-order valence-electron chi connectivity index (χ3n) is 4.48. The van der Waals surface area contributed by atoms with E-state index in [0.29, 0.717) is 5.82 Å². The molecule has 0 bridgehead atoms. The number of fused-ring (bicyclic) bond motifs is 3. The Balaban J connectivity index is 1.74. The average molecular weight is 341 g/mol. The van der Waals surface area contributed by atoms with Crippen molar-refractivity contribution in [1.29, 1.82) is 0 Å². The molecule has 1 aromatic carbocycles. The van der Waals surface area contributed by atoms with E-state index in [0.717, 1.165) is 33.5 Å². The lowest BCUT2D eigenvalue weighted by Gasteiger charge is -2.08. The van der Waals surface area contributed by atoms with E-state index in [2.05, 4.69) is 57.3 Å². The van der Waals surface area contributed by atoms with Crippen molar-refractivity contribution in [3.8, 4) is 17.1 Å². The number of benzene rings is 1. The second kappa shape index (κ2) is 5.45. The Bertz CT molecular complexity index is 1250. The molecule has 126 valence electrons. The zero-order valence-corrected chi connectivity index (χ0v) is 14.3. The Morgan fingerprint density at radius 3 is 2.69 bits per heavy atom. The Hall–Kier alpha value is -3.61. The Kier molecular flexibility index (Phi) is 3.08. The van der Waals surface area contributed by atoms with Gasteiger partial charge in [0.15, 0.2) is 17.1 Å². The lowest BCUT2D eigenvalue weighted by atomic mass is 10.1. The topological polar surface area (TPSA) is 73.8 Å². The largest absolute Gasteiger partial charge is 0.264 e. The summed E-state index contributed by atoms with van der Waals surface area (Å²) in [5.74, 6) is 0.710. The molecule has 4 aromatic heterocycles. The molecule has 0 aliphatic heterocycles. The Labute approximate surface area is 149 Å². The molecule has 0 atom stereocenters. The molecule has 0 spiro atoms. The molecule has 0 aliphatic rings. The van der Waals surface area contributed by atoms with Crippen molar-refractivity contribution < 1.29 is 0 Å². The van der Waals surface area contributed by atoms with Crippen LogP contribution < -0.4 is 0 Å². The van der Waals surface area contributed by atoms with Crippen molar-refractivity contribution in [2.24, 2.45) is 0 Å². The molecule has 7 heteroatoms. The van der Waals surface area contributed by atoms with Gasteiger partial charge in [0.1, 0.15) is 6.33 Å². The summed E-state index contributed by atoms with van der Waals surface area (Å²) in [5, 5.41) is 14.1. The molecule has 26 heavy (non-hydrogen) atoms. The number of aryl methyl sites for hydroxylation is 2. The normalized spacial score (nSPS) is 11.5.